The highest BCUT2D eigenvalue weighted by Crippen LogP contribution is 2.27. The summed E-state index contributed by atoms with van der Waals surface area (Å²) in [6, 6.07) is 7.66. The van der Waals surface area contributed by atoms with Crippen LogP contribution >= 0.6 is 11.8 Å². The Hall–Kier alpha value is -2.08. The molecule has 22 heavy (non-hydrogen) atoms. The summed E-state index contributed by atoms with van der Waals surface area (Å²) in [6.07, 6.45) is 2.83. The van der Waals surface area contributed by atoms with Crippen LogP contribution in [0.3, 0.4) is 0 Å². The van der Waals surface area contributed by atoms with Gasteiger partial charge in [-0.3, -0.25) is 4.79 Å². The number of fused-ring (bicyclic) bond motifs is 1. The van der Waals surface area contributed by atoms with E-state index >= 15 is 0 Å². The first-order valence-corrected chi connectivity index (χ1v) is 8.22. The van der Waals surface area contributed by atoms with E-state index in [1.807, 2.05) is 31.2 Å². The molecule has 114 valence electrons. The van der Waals surface area contributed by atoms with Gasteiger partial charge in [0.1, 0.15) is 5.03 Å². The topological polar surface area (TPSA) is 74.8 Å². The van der Waals surface area contributed by atoms with Crippen molar-refractivity contribution in [2.24, 2.45) is 0 Å². The Kier molecular flexibility index (Phi) is 4.29. The molecule has 0 radical (unpaired) electrons. The highest BCUT2D eigenvalue weighted by atomic mass is 32.2. The van der Waals surface area contributed by atoms with E-state index in [1.165, 1.54) is 11.8 Å². The van der Waals surface area contributed by atoms with Crippen LogP contribution in [0.15, 0.2) is 34.1 Å². The number of anilines is 1. The number of aromatic amines is 1. The molecule has 0 aliphatic heterocycles. The predicted molar refractivity (Wildman–Crippen MR) is 87.4 cm³/mol. The molecule has 0 spiro atoms. The second kappa shape index (κ2) is 6.36. The van der Waals surface area contributed by atoms with Crippen LogP contribution < -0.4 is 11.0 Å². The zero-order chi connectivity index (χ0) is 15.5. The maximum atomic E-state index is 12.0. The number of hydrogen-bond donors (Lipinski definition) is 2. The lowest BCUT2D eigenvalue weighted by molar-refractivity contribution is -0.113. The van der Waals surface area contributed by atoms with Gasteiger partial charge in [0.15, 0.2) is 0 Å². The first-order valence-electron chi connectivity index (χ1n) is 7.23. The monoisotopic (exact) mass is 315 g/mol. The number of aromatic nitrogens is 2. The maximum Gasteiger partial charge on any atom is 0.346 e. The van der Waals surface area contributed by atoms with Gasteiger partial charge in [0.2, 0.25) is 5.91 Å². The summed E-state index contributed by atoms with van der Waals surface area (Å²) < 4.78 is 0. The number of carbonyl (C=O) groups excluding carboxylic acids is 1. The third-order valence-electron chi connectivity index (χ3n) is 3.61. The summed E-state index contributed by atoms with van der Waals surface area (Å²) in [5, 5.41) is 3.54. The number of nitrogens with one attached hydrogen (secondary N) is 2. The van der Waals surface area contributed by atoms with Gasteiger partial charge in [0.25, 0.3) is 0 Å². The van der Waals surface area contributed by atoms with E-state index in [4.69, 9.17) is 0 Å². The molecular weight excluding hydrogens is 298 g/mol. The summed E-state index contributed by atoms with van der Waals surface area (Å²) in [5.74, 6) is 0.152. The average Bonchev–Trinajstić information content (AvgIpc) is 2.95. The van der Waals surface area contributed by atoms with Gasteiger partial charge < -0.3 is 10.3 Å². The summed E-state index contributed by atoms with van der Waals surface area (Å²) in [5.41, 5.74) is 3.66. The number of amides is 1. The van der Waals surface area contributed by atoms with Crippen molar-refractivity contribution >= 4 is 23.4 Å². The summed E-state index contributed by atoms with van der Waals surface area (Å²) in [7, 11) is 0. The standard InChI is InChI=1S/C16H17N3O2S/c1-10-5-7-11(8-6-10)17-14(20)9-22-15-12-3-2-4-13(12)18-16(21)19-15/h5-8H,2-4,9H2,1H3,(H,17,20)(H,18,19,21). The van der Waals surface area contributed by atoms with Gasteiger partial charge in [-0.15, -0.1) is 0 Å². The average molecular weight is 315 g/mol. The minimum absolute atomic E-state index is 0.0947. The number of thioether (sulfide) groups is 1. The second-order valence-corrected chi connectivity index (χ2v) is 6.32. The number of nitrogens with zero attached hydrogens (tertiary/aromatic N) is 1. The van der Waals surface area contributed by atoms with Gasteiger partial charge in [-0.2, -0.15) is 4.98 Å². The quantitative estimate of drug-likeness (QED) is 0.670. The van der Waals surface area contributed by atoms with E-state index in [0.29, 0.717) is 5.03 Å². The third-order valence-corrected chi connectivity index (χ3v) is 4.63. The Morgan fingerprint density at radius 3 is 2.86 bits per heavy atom. The van der Waals surface area contributed by atoms with Crippen molar-refractivity contribution in [3.63, 3.8) is 0 Å². The molecule has 6 heteroatoms. The van der Waals surface area contributed by atoms with Crippen molar-refractivity contribution in [1.82, 2.24) is 9.97 Å². The molecule has 0 fully saturated rings. The molecular formula is C16H17N3O2S. The molecule has 2 aromatic rings. The van der Waals surface area contributed by atoms with Gasteiger partial charge in [0.05, 0.1) is 5.75 Å². The van der Waals surface area contributed by atoms with Crippen LogP contribution in [-0.2, 0) is 17.6 Å². The van der Waals surface area contributed by atoms with Crippen LogP contribution in [0.2, 0.25) is 0 Å². The van der Waals surface area contributed by atoms with Gasteiger partial charge in [0, 0.05) is 16.9 Å². The van der Waals surface area contributed by atoms with Crippen LogP contribution in [0.1, 0.15) is 23.2 Å². The molecule has 3 rings (SSSR count). The number of hydrogen-bond acceptors (Lipinski definition) is 4. The zero-order valence-corrected chi connectivity index (χ0v) is 13.1. The van der Waals surface area contributed by atoms with Crippen molar-refractivity contribution in [3.05, 3.63) is 51.6 Å². The van der Waals surface area contributed by atoms with Crippen LogP contribution in [0, 0.1) is 6.92 Å². The largest absolute Gasteiger partial charge is 0.346 e. The SMILES string of the molecule is Cc1ccc(NC(=O)CSc2nc(=O)[nH]c3c2CCC3)cc1. The van der Waals surface area contributed by atoms with E-state index in [0.717, 1.165) is 41.8 Å². The molecule has 1 heterocycles. The van der Waals surface area contributed by atoms with Crippen LogP contribution in [-0.4, -0.2) is 21.6 Å². The summed E-state index contributed by atoms with van der Waals surface area (Å²) in [4.78, 5) is 30.3. The first kappa shape index (κ1) is 14.8. The van der Waals surface area contributed by atoms with Crippen molar-refractivity contribution in [2.45, 2.75) is 31.2 Å². The maximum absolute atomic E-state index is 12.0. The van der Waals surface area contributed by atoms with E-state index in [-0.39, 0.29) is 17.3 Å². The number of carbonyl (C=O) groups is 1. The Morgan fingerprint density at radius 2 is 2.09 bits per heavy atom. The van der Waals surface area contributed by atoms with E-state index < -0.39 is 0 Å². The molecule has 1 aromatic heterocycles. The normalized spacial score (nSPS) is 13.0. The Labute approximate surface area is 132 Å². The molecule has 5 nitrogen and oxygen atoms in total. The molecule has 1 aliphatic rings. The predicted octanol–water partition coefficient (Wildman–Crippen LogP) is 2.30. The molecule has 0 bridgehead atoms. The first-order chi connectivity index (χ1) is 10.6. The van der Waals surface area contributed by atoms with Gasteiger partial charge in [-0.05, 0) is 38.3 Å². The lowest BCUT2D eigenvalue weighted by atomic mass is 10.2. The molecule has 0 atom stereocenters. The molecule has 1 amide bonds. The number of H-pyrrole nitrogens is 1. The lowest BCUT2D eigenvalue weighted by Crippen LogP contribution is -2.17. The number of aryl methyl sites for hydroxylation is 2. The van der Waals surface area contributed by atoms with Crippen LogP contribution in [0.4, 0.5) is 5.69 Å². The smallest absolute Gasteiger partial charge is 0.325 e. The Bertz CT molecular complexity index is 753. The van der Waals surface area contributed by atoms with Crippen molar-refractivity contribution in [3.8, 4) is 0 Å². The fraction of sp³-hybridized carbons (Fsp3) is 0.312. The van der Waals surface area contributed by atoms with Crippen molar-refractivity contribution < 1.29 is 4.79 Å². The van der Waals surface area contributed by atoms with Crippen molar-refractivity contribution in [2.75, 3.05) is 11.1 Å². The molecule has 0 saturated heterocycles. The molecule has 1 aliphatic carbocycles. The van der Waals surface area contributed by atoms with Gasteiger partial charge in [-0.25, -0.2) is 4.79 Å². The minimum atomic E-state index is -0.331. The second-order valence-electron chi connectivity index (χ2n) is 5.36. The van der Waals surface area contributed by atoms with Crippen molar-refractivity contribution in [1.29, 1.82) is 0 Å². The van der Waals surface area contributed by atoms with E-state index in [2.05, 4.69) is 15.3 Å². The third kappa shape index (κ3) is 3.39. The fourth-order valence-electron chi connectivity index (χ4n) is 2.52. The molecule has 0 unspecified atom stereocenters. The Morgan fingerprint density at radius 1 is 1.32 bits per heavy atom. The highest BCUT2D eigenvalue weighted by molar-refractivity contribution is 8.00. The van der Waals surface area contributed by atoms with E-state index in [1.54, 1.807) is 0 Å². The lowest BCUT2D eigenvalue weighted by Gasteiger charge is -2.07. The summed E-state index contributed by atoms with van der Waals surface area (Å²) >= 11 is 1.33. The number of benzene rings is 1. The minimum Gasteiger partial charge on any atom is -0.325 e. The molecule has 2 N–H and O–H groups in total. The van der Waals surface area contributed by atoms with E-state index in [9.17, 15) is 9.59 Å². The van der Waals surface area contributed by atoms with Crippen LogP contribution in [0.25, 0.3) is 0 Å². The highest BCUT2D eigenvalue weighted by Gasteiger charge is 2.18. The fourth-order valence-corrected chi connectivity index (χ4v) is 3.41. The van der Waals surface area contributed by atoms with Crippen LogP contribution in [0.5, 0.6) is 0 Å². The number of rotatable bonds is 4. The molecule has 1 aromatic carbocycles. The van der Waals surface area contributed by atoms with Gasteiger partial charge >= 0.3 is 5.69 Å². The Balaban J connectivity index is 1.64. The summed E-state index contributed by atoms with van der Waals surface area (Å²) in [6.45, 7) is 2.00. The molecule has 0 saturated carbocycles. The van der Waals surface area contributed by atoms with Gasteiger partial charge in [-0.1, -0.05) is 29.5 Å². The zero-order valence-electron chi connectivity index (χ0n) is 12.3.